The first-order valence-corrected chi connectivity index (χ1v) is 9.44. The van der Waals surface area contributed by atoms with Crippen molar-refractivity contribution >= 4 is 39.0 Å². The van der Waals surface area contributed by atoms with Gasteiger partial charge in [0, 0.05) is 19.5 Å². The highest BCUT2D eigenvalue weighted by Gasteiger charge is 2.17. The Morgan fingerprint density at radius 3 is 2.57 bits per heavy atom. The van der Waals surface area contributed by atoms with E-state index in [9.17, 15) is 9.18 Å². The molecule has 0 aliphatic rings. The van der Waals surface area contributed by atoms with Gasteiger partial charge < -0.3 is 10.2 Å². The van der Waals surface area contributed by atoms with E-state index in [4.69, 9.17) is 0 Å². The predicted molar refractivity (Wildman–Crippen MR) is 110 cm³/mol. The van der Waals surface area contributed by atoms with Crippen LogP contribution in [-0.4, -0.2) is 34.8 Å². The number of anilines is 2. The third kappa shape index (κ3) is 3.34. The quantitative estimate of drug-likeness (QED) is 0.561. The summed E-state index contributed by atoms with van der Waals surface area (Å²) in [5, 5.41) is 8.29. The van der Waals surface area contributed by atoms with Crippen molar-refractivity contribution in [3.05, 3.63) is 65.0 Å². The zero-order valence-corrected chi connectivity index (χ0v) is 16.4. The van der Waals surface area contributed by atoms with E-state index in [1.165, 1.54) is 23.5 Å². The van der Waals surface area contributed by atoms with Crippen LogP contribution in [0.25, 0.3) is 15.9 Å². The number of nitrogens with one attached hydrogen (secondary N) is 1. The fourth-order valence-corrected chi connectivity index (χ4v) is 3.91. The molecule has 1 N–H and O–H groups in total. The summed E-state index contributed by atoms with van der Waals surface area (Å²) in [6.07, 6.45) is 1.63. The highest BCUT2D eigenvalue weighted by Crippen LogP contribution is 2.31. The minimum atomic E-state index is -0.302. The molecule has 0 atom stereocenters. The lowest BCUT2D eigenvalue weighted by atomic mass is 10.3. The van der Waals surface area contributed by atoms with Gasteiger partial charge in [0.2, 0.25) is 0 Å². The largest absolute Gasteiger partial charge is 0.363 e. The van der Waals surface area contributed by atoms with E-state index in [0.29, 0.717) is 10.6 Å². The predicted octanol–water partition coefficient (Wildman–Crippen LogP) is 4.25. The standard InChI is InChI=1S/C20H18FN5OS/c1-12-16-10-17(19(27)23-14-6-9-18(22-11-14)25(2)3)28-20(16)26(24-12)15-7-4-13(21)5-8-15/h4-11H,1-3H3,(H,23,27). The molecule has 4 aromatic rings. The van der Waals surface area contributed by atoms with Gasteiger partial charge in [-0.25, -0.2) is 14.1 Å². The lowest BCUT2D eigenvalue weighted by Gasteiger charge is -2.11. The number of hydrogen-bond donors (Lipinski definition) is 1. The minimum absolute atomic E-state index is 0.203. The Morgan fingerprint density at radius 1 is 1.18 bits per heavy atom. The summed E-state index contributed by atoms with van der Waals surface area (Å²) in [5.41, 5.74) is 2.19. The molecule has 0 bridgehead atoms. The molecule has 0 saturated carbocycles. The van der Waals surface area contributed by atoms with Crippen molar-refractivity contribution in [3.8, 4) is 5.69 Å². The Bertz CT molecular complexity index is 1150. The second kappa shape index (κ2) is 7.05. The number of hydrogen-bond acceptors (Lipinski definition) is 5. The first-order valence-electron chi connectivity index (χ1n) is 8.62. The van der Waals surface area contributed by atoms with Crippen LogP contribution >= 0.6 is 11.3 Å². The molecule has 0 saturated heterocycles. The summed E-state index contributed by atoms with van der Waals surface area (Å²) in [6, 6.07) is 11.6. The molecule has 0 radical (unpaired) electrons. The number of amides is 1. The molecule has 0 spiro atoms. The summed E-state index contributed by atoms with van der Waals surface area (Å²) in [5.74, 6) is 0.310. The van der Waals surface area contributed by atoms with Gasteiger partial charge in [-0.15, -0.1) is 11.3 Å². The van der Waals surface area contributed by atoms with Gasteiger partial charge in [-0.1, -0.05) is 0 Å². The smallest absolute Gasteiger partial charge is 0.265 e. The van der Waals surface area contributed by atoms with Gasteiger partial charge in [0.25, 0.3) is 5.91 Å². The Morgan fingerprint density at radius 2 is 1.93 bits per heavy atom. The first kappa shape index (κ1) is 18.1. The molecule has 0 aliphatic heterocycles. The SMILES string of the molecule is Cc1nn(-c2ccc(F)cc2)c2sc(C(=O)Nc3ccc(N(C)C)nc3)cc12. The molecular formula is C20H18FN5OS. The van der Waals surface area contributed by atoms with Crippen LogP contribution in [0.1, 0.15) is 15.4 Å². The van der Waals surface area contributed by atoms with E-state index < -0.39 is 0 Å². The third-order valence-electron chi connectivity index (χ3n) is 4.30. The molecule has 0 aliphatic carbocycles. The molecule has 8 heteroatoms. The van der Waals surface area contributed by atoms with Crippen molar-refractivity contribution in [1.29, 1.82) is 0 Å². The monoisotopic (exact) mass is 395 g/mol. The molecule has 28 heavy (non-hydrogen) atoms. The van der Waals surface area contributed by atoms with Gasteiger partial charge in [-0.3, -0.25) is 4.79 Å². The van der Waals surface area contributed by atoms with Gasteiger partial charge in [-0.2, -0.15) is 5.10 Å². The number of benzene rings is 1. The van der Waals surface area contributed by atoms with E-state index in [0.717, 1.165) is 27.4 Å². The second-order valence-electron chi connectivity index (χ2n) is 6.56. The molecule has 0 fully saturated rings. The number of thiophene rings is 1. The van der Waals surface area contributed by atoms with Crippen LogP contribution in [-0.2, 0) is 0 Å². The van der Waals surface area contributed by atoms with Gasteiger partial charge >= 0.3 is 0 Å². The highest BCUT2D eigenvalue weighted by molar-refractivity contribution is 7.20. The molecule has 6 nitrogen and oxygen atoms in total. The second-order valence-corrected chi connectivity index (χ2v) is 7.59. The van der Waals surface area contributed by atoms with Crippen LogP contribution in [0.4, 0.5) is 15.9 Å². The Kier molecular flexibility index (Phi) is 4.56. The zero-order chi connectivity index (χ0) is 19.8. The van der Waals surface area contributed by atoms with E-state index >= 15 is 0 Å². The van der Waals surface area contributed by atoms with Crippen molar-refractivity contribution in [3.63, 3.8) is 0 Å². The van der Waals surface area contributed by atoms with Crippen LogP contribution < -0.4 is 10.2 Å². The van der Waals surface area contributed by atoms with Crippen molar-refractivity contribution in [2.24, 2.45) is 0 Å². The number of carbonyl (C=O) groups excluding carboxylic acids is 1. The summed E-state index contributed by atoms with van der Waals surface area (Å²) in [7, 11) is 3.81. The van der Waals surface area contributed by atoms with Crippen LogP contribution in [0, 0.1) is 12.7 Å². The van der Waals surface area contributed by atoms with Crippen molar-refractivity contribution in [2.75, 3.05) is 24.3 Å². The van der Waals surface area contributed by atoms with Gasteiger partial charge in [-0.05, 0) is 49.4 Å². The fourth-order valence-electron chi connectivity index (χ4n) is 2.83. The van der Waals surface area contributed by atoms with E-state index in [2.05, 4.69) is 15.4 Å². The van der Waals surface area contributed by atoms with Crippen LogP contribution in [0.3, 0.4) is 0 Å². The summed E-state index contributed by atoms with van der Waals surface area (Å²) in [6.45, 7) is 1.89. The average Bonchev–Trinajstić information content (AvgIpc) is 3.24. The van der Waals surface area contributed by atoms with Crippen LogP contribution in [0.5, 0.6) is 0 Å². The molecule has 1 aromatic carbocycles. The highest BCUT2D eigenvalue weighted by atomic mass is 32.1. The third-order valence-corrected chi connectivity index (χ3v) is 5.41. The summed E-state index contributed by atoms with van der Waals surface area (Å²) < 4.78 is 15.0. The number of halogens is 1. The van der Waals surface area contributed by atoms with Crippen molar-refractivity contribution < 1.29 is 9.18 Å². The number of aromatic nitrogens is 3. The zero-order valence-electron chi connectivity index (χ0n) is 15.6. The number of nitrogens with zero attached hydrogens (tertiary/aromatic N) is 4. The molecule has 142 valence electrons. The maximum atomic E-state index is 13.2. The Labute approximate surface area is 165 Å². The molecule has 0 unspecified atom stereocenters. The average molecular weight is 395 g/mol. The minimum Gasteiger partial charge on any atom is -0.363 e. The number of carbonyl (C=O) groups is 1. The maximum absolute atomic E-state index is 13.2. The topological polar surface area (TPSA) is 63.1 Å². The van der Waals surface area contributed by atoms with Crippen LogP contribution in [0.15, 0.2) is 48.7 Å². The summed E-state index contributed by atoms with van der Waals surface area (Å²) in [4.78, 5) is 20.3. The number of rotatable bonds is 4. The normalized spacial score (nSPS) is 11.0. The molecule has 3 aromatic heterocycles. The number of fused-ring (bicyclic) bond motifs is 1. The molecule has 3 heterocycles. The van der Waals surface area contributed by atoms with E-state index in [1.807, 2.05) is 44.1 Å². The van der Waals surface area contributed by atoms with E-state index in [-0.39, 0.29) is 11.7 Å². The lowest BCUT2D eigenvalue weighted by Crippen LogP contribution is -2.12. The van der Waals surface area contributed by atoms with Crippen molar-refractivity contribution in [1.82, 2.24) is 14.8 Å². The van der Waals surface area contributed by atoms with Gasteiger partial charge in [0.1, 0.15) is 16.5 Å². The number of aryl methyl sites for hydroxylation is 1. The molecular weight excluding hydrogens is 377 g/mol. The van der Waals surface area contributed by atoms with Gasteiger partial charge in [0.15, 0.2) is 0 Å². The van der Waals surface area contributed by atoms with E-state index in [1.54, 1.807) is 23.0 Å². The lowest BCUT2D eigenvalue weighted by molar-refractivity contribution is 0.103. The Balaban J connectivity index is 1.63. The maximum Gasteiger partial charge on any atom is 0.265 e. The van der Waals surface area contributed by atoms with Crippen molar-refractivity contribution in [2.45, 2.75) is 6.92 Å². The van der Waals surface area contributed by atoms with Crippen LogP contribution in [0.2, 0.25) is 0 Å². The molecule has 4 rings (SSSR count). The first-order chi connectivity index (χ1) is 13.4. The Hall–Kier alpha value is -3.26. The fraction of sp³-hybridized carbons (Fsp3) is 0.150. The van der Waals surface area contributed by atoms with Gasteiger partial charge in [0.05, 0.1) is 28.1 Å². The molecule has 1 amide bonds. The summed E-state index contributed by atoms with van der Waals surface area (Å²) >= 11 is 1.35. The number of pyridine rings is 1.